The summed E-state index contributed by atoms with van der Waals surface area (Å²) in [5, 5.41) is 0. The molecule has 1 fully saturated rings. The fraction of sp³-hybridized carbons (Fsp3) is 0.400. The van der Waals surface area contributed by atoms with E-state index >= 15 is 0 Å². The molecule has 3 rings (SSSR count). The number of hydrogen-bond donors (Lipinski definition) is 1. The van der Waals surface area contributed by atoms with Crippen molar-refractivity contribution < 1.29 is 12.8 Å². The molecule has 5 nitrogen and oxygen atoms in total. The lowest BCUT2D eigenvalue weighted by molar-refractivity contribution is 0.312. The largest absolute Gasteiger partial charge is 0.369 e. The Labute approximate surface area is 160 Å². The molecule has 2 aromatic rings. The number of likely N-dealkylation sites (N-methyl/N-ethyl adjacent to an activating group) is 1. The number of benzene rings is 2. The molecule has 0 aliphatic carbocycles. The van der Waals surface area contributed by atoms with E-state index in [9.17, 15) is 12.8 Å². The highest BCUT2D eigenvalue weighted by atomic mass is 32.2. The lowest BCUT2D eigenvalue weighted by atomic mass is 10.0. The lowest BCUT2D eigenvalue weighted by Crippen LogP contribution is -2.45. The predicted molar refractivity (Wildman–Crippen MR) is 106 cm³/mol. The zero-order valence-corrected chi connectivity index (χ0v) is 16.8. The standard InChI is InChI=1S/C20H26FN3O2S/c1-15-5-4-6-18(13-15)27(25,26)22-16(2)19-14-17(21)7-8-20(19)24-11-9-23(3)10-12-24/h4-8,13-14,16,22H,9-12H2,1-3H3. The average molecular weight is 392 g/mol. The molecular weight excluding hydrogens is 365 g/mol. The first-order chi connectivity index (χ1) is 12.8. The van der Waals surface area contributed by atoms with E-state index in [-0.39, 0.29) is 10.7 Å². The van der Waals surface area contributed by atoms with Crippen molar-refractivity contribution in [3.63, 3.8) is 0 Å². The van der Waals surface area contributed by atoms with Gasteiger partial charge in [0.25, 0.3) is 0 Å². The number of nitrogens with zero attached hydrogens (tertiary/aromatic N) is 2. The molecule has 0 saturated carbocycles. The fourth-order valence-electron chi connectivity index (χ4n) is 3.35. The van der Waals surface area contributed by atoms with Gasteiger partial charge in [-0.05, 0) is 62.4 Å². The molecule has 0 radical (unpaired) electrons. The van der Waals surface area contributed by atoms with Crippen LogP contribution in [0.2, 0.25) is 0 Å². The third kappa shape index (κ3) is 4.66. The smallest absolute Gasteiger partial charge is 0.241 e. The van der Waals surface area contributed by atoms with Gasteiger partial charge >= 0.3 is 0 Å². The summed E-state index contributed by atoms with van der Waals surface area (Å²) in [7, 11) is -1.63. The summed E-state index contributed by atoms with van der Waals surface area (Å²) in [5.41, 5.74) is 2.40. The minimum absolute atomic E-state index is 0.215. The van der Waals surface area contributed by atoms with Crippen molar-refractivity contribution in [3.05, 3.63) is 59.4 Å². The van der Waals surface area contributed by atoms with Gasteiger partial charge in [0.05, 0.1) is 4.90 Å². The number of nitrogens with one attached hydrogen (secondary N) is 1. The maximum absolute atomic E-state index is 13.9. The van der Waals surface area contributed by atoms with Gasteiger partial charge < -0.3 is 9.80 Å². The second kappa shape index (κ2) is 7.96. The molecule has 0 amide bonds. The minimum Gasteiger partial charge on any atom is -0.369 e. The molecule has 2 aromatic carbocycles. The van der Waals surface area contributed by atoms with E-state index in [0.29, 0.717) is 5.56 Å². The van der Waals surface area contributed by atoms with Crippen LogP contribution in [0.1, 0.15) is 24.1 Å². The van der Waals surface area contributed by atoms with Gasteiger partial charge in [0, 0.05) is 37.9 Å². The Balaban J connectivity index is 1.88. The molecule has 1 N–H and O–H groups in total. The zero-order valence-electron chi connectivity index (χ0n) is 15.9. The van der Waals surface area contributed by atoms with Crippen molar-refractivity contribution in [1.29, 1.82) is 0 Å². The van der Waals surface area contributed by atoms with Crippen LogP contribution in [-0.4, -0.2) is 46.5 Å². The van der Waals surface area contributed by atoms with Crippen molar-refractivity contribution in [3.8, 4) is 0 Å². The first-order valence-corrected chi connectivity index (χ1v) is 10.6. The second-order valence-electron chi connectivity index (χ2n) is 7.15. The molecule has 1 atom stereocenters. The molecule has 1 saturated heterocycles. The van der Waals surface area contributed by atoms with E-state index < -0.39 is 16.1 Å². The molecule has 0 aromatic heterocycles. The van der Waals surface area contributed by atoms with Crippen LogP contribution >= 0.6 is 0 Å². The van der Waals surface area contributed by atoms with Gasteiger partial charge in [0.1, 0.15) is 5.82 Å². The molecule has 0 spiro atoms. The van der Waals surface area contributed by atoms with Crippen LogP contribution in [-0.2, 0) is 10.0 Å². The van der Waals surface area contributed by atoms with Crippen LogP contribution in [0, 0.1) is 12.7 Å². The van der Waals surface area contributed by atoms with Crippen molar-refractivity contribution in [1.82, 2.24) is 9.62 Å². The van der Waals surface area contributed by atoms with Crippen molar-refractivity contribution >= 4 is 15.7 Å². The first-order valence-electron chi connectivity index (χ1n) is 9.08. The topological polar surface area (TPSA) is 52.7 Å². The predicted octanol–water partition coefficient (Wildman–Crippen LogP) is 2.93. The van der Waals surface area contributed by atoms with E-state index in [1.54, 1.807) is 31.2 Å². The van der Waals surface area contributed by atoms with Crippen molar-refractivity contribution in [2.45, 2.75) is 24.8 Å². The Hall–Kier alpha value is -1.96. The average Bonchev–Trinajstić information content (AvgIpc) is 2.62. The Morgan fingerprint density at radius 2 is 1.78 bits per heavy atom. The Bertz CT molecular complexity index is 909. The van der Waals surface area contributed by atoms with Gasteiger partial charge in [-0.1, -0.05) is 12.1 Å². The van der Waals surface area contributed by atoms with Crippen LogP contribution in [0.25, 0.3) is 0 Å². The van der Waals surface area contributed by atoms with Crippen LogP contribution in [0.3, 0.4) is 0 Å². The summed E-state index contributed by atoms with van der Waals surface area (Å²) >= 11 is 0. The summed E-state index contributed by atoms with van der Waals surface area (Å²) in [6.07, 6.45) is 0. The van der Waals surface area contributed by atoms with E-state index in [4.69, 9.17) is 0 Å². The van der Waals surface area contributed by atoms with Crippen molar-refractivity contribution in [2.24, 2.45) is 0 Å². The van der Waals surface area contributed by atoms with Gasteiger partial charge in [0.2, 0.25) is 10.0 Å². The molecule has 27 heavy (non-hydrogen) atoms. The van der Waals surface area contributed by atoms with Crippen molar-refractivity contribution in [2.75, 3.05) is 38.1 Å². The van der Waals surface area contributed by atoms with Crippen LogP contribution in [0.4, 0.5) is 10.1 Å². The highest BCUT2D eigenvalue weighted by molar-refractivity contribution is 7.89. The Morgan fingerprint density at radius 3 is 2.44 bits per heavy atom. The number of halogens is 1. The van der Waals surface area contributed by atoms with Crippen LogP contribution in [0.15, 0.2) is 47.4 Å². The molecule has 7 heteroatoms. The fourth-order valence-corrected chi connectivity index (χ4v) is 4.68. The minimum atomic E-state index is -3.70. The molecule has 1 aliphatic heterocycles. The quantitative estimate of drug-likeness (QED) is 0.852. The molecule has 1 unspecified atom stereocenters. The summed E-state index contributed by atoms with van der Waals surface area (Å²) in [5.74, 6) is -0.371. The number of anilines is 1. The normalized spacial score (nSPS) is 17.1. The summed E-state index contributed by atoms with van der Waals surface area (Å²) in [6.45, 7) is 7.08. The summed E-state index contributed by atoms with van der Waals surface area (Å²) in [4.78, 5) is 4.64. The lowest BCUT2D eigenvalue weighted by Gasteiger charge is -2.36. The summed E-state index contributed by atoms with van der Waals surface area (Å²) < 4.78 is 42.2. The molecule has 0 bridgehead atoms. The monoisotopic (exact) mass is 391 g/mol. The summed E-state index contributed by atoms with van der Waals surface area (Å²) in [6, 6.07) is 10.8. The third-order valence-electron chi connectivity index (χ3n) is 4.93. The number of rotatable bonds is 5. The number of piperazine rings is 1. The second-order valence-corrected chi connectivity index (χ2v) is 8.87. The third-order valence-corrected chi connectivity index (χ3v) is 6.47. The van der Waals surface area contributed by atoms with Crippen LogP contribution in [0.5, 0.6) is 0 Å². The van der Waals surface area contributed by atoms with E-state index in [1.807, 2.05) is 13.0 Å². The van der Waals surface area contributed by atoms with Gasteiger partial charge in [0.15, 0.2) is 0 Å². The highest BCUT2D eigenvalue weighted by Gasteiger charge is 2.24. The van der Waals surface area contributed by atoms with Gasteiger partial charge in [-0.3, -0.25) is 0 Å². The van der Waals surface area contributed by atoms with E-state index in [0.717, 1.165) is 37.4 Å². The molecule has 146 valence electrons. The zero-order chi connectivity index (χ0) is 19.6. The van der Waals surface area contributed by atoms with Gasteiger partial charge in [-0.2, -0.15) is 0 Å². The number of aryl methyl sites for hydroxylation is 1. The highest BCUT2D eigenvalue weighted by Crippen LogP contribution is 2.29. The molecular formula is C20H26FN3O2S. The first kappa shape index (κ1) is 19.8. The number of sulfonamides is 1. The SMILES string of the molecule is Cc1cccc(S(=O)(=O)NC(C)c2cc(F)ccc2N2CCN(C)CC2)c1. The number of hydrogen-bond acceptors (Lipinski definition) is 4. The van der Waals surface area contributed by atoms with Gasteiger partial charge in [-0.25, -0.2) is 17.5 Å². The maximum atomic E-state index is 13.9. The van der Waals surface area contributed by atoms with E-state index in [1.165, 1.54) is 12.1 Å². The molecule has 1 aliphatic rings. The Kier molecular flexibility index (Phi) is 5.83. The van der Waals surface area contributed by atoms with Crippen LogP contribution < -0.4 is 9.62 Å². The van der Waals surface area contributed by atoms with Gasteiger partial charge in [-0.15, -0.1) is 0 Å². The maximum Gasteiger partial charge on any atom is 0.241 e. The molecule has 1 heterocycles. The Morgan fingerprint density at radius 1 is 1.07 bits per heavy atom. The van der Waals surface area contributed by atoms with E-state index in [2.05, 4.69) is 21.6 Å².